The van der Waals surface area contributed by atoms with Gasteiger partial charge in [-0.1, -0.05) is 6.92 Å². The van der Waals surface area contributed by atoms with E-state index in [0.29, 0.717) is 50.9 Å². The first kappa shape index (κ1) is 26.1. The van der Waals surface area contributed by atoms with Crippen LogP contribution in [0.2, 0.25) is 0 Å². The van der Waals surface area contributed by atoms with Crippen molar-refractivity contribution in [3.05, 3.63) is 41.3 Å². The van der Waals surface area contributed by atoms with Crippen LogP contribution in [-0.4, -0.2) is 83.6 Å². The Kier molecular flexibility index (Phi) is 8.28. The molecule has 0 saturated carbocycles. The Morgan fingerprint density at radius 2 is 1.81 bits per heavy atom. The Hall–Kier alpha value is -2.95. The van der Waals surface area contributed by atoms with Gasteiger partial charge in [0.25, 0.3) is 0 Å². The SMILES string of the molecule is CCc1cc(C2CCCN(CCC(=O)N3CCN(c4ncc(C(F)(F)F)cn4)CC3)C2)cnc1OC. The van der Waals surface area contributed by atoms with Crippen molar-refractivity contribution in [1.82, 2.24) is 24.8 Å². The van der Waals surface area contributed by atoms with E-state index >= 15 is 0 Å². The number of hydrogen-bond acceptors (Lipinski definition) is 7. The molecule has 2 aromatic heterocycles. The lowest BCUT2D eigenvalue weighted by molar-refractivity contribution is -0.138. The number of aryl methyl sites for hydroxylation is 1. The summed E-state index contributed by atoms with van der Waals surface area (Å²) in [5, 5.41) is 0. The van der Waals surface area contributed by atoms with E-state index in [9.17, 15) is 18.0 Å². The second-order valence-electron chi connectivity index (χ2n) is 9.32. The number of ether oxygens (including phenoxy) is 1. The van der Waals surface area contributed by atoms with Gasteiger partial charge in [-0.3, -0.25) is 4.79 Å². The van der Waals surface area contributed by atoms with Gasteiger partial charge in [-0.15, -0.1) is 0 Å². The Bertz CT molecular complexity index is 1030. The van der Waals surface area contributed by atoms with Crippen molar-refractivity contribution < 1.29 is 22.7 Å². The standard InChI is InChI=1S/C25H33F3N6O2/c1-3-18-13-20(14-29-23(18)36-2)19-5-4-7-32(17-19)8-6-22(35)33-9-11-34(12-10-33)24-30-15-21(16-31-24)25(26,27)28/h13-16,19H,3-12,17H2,1-2H3. The van der Waals surface area contributed by atoms with Crippen molar-refractivity contribution in [2.45, 2.75) is 44.7 Å². The summed E-state index contributed by atoms with van der Waals surface area (Å²) in [7, 11) is 1.64. The lowest BCUT2D eigenvalue weighted by Gasteiger charge is -2.36. The molecule has 2 fully saturated rings. The number of pyridine rings is 1. The number of halogens is 3. The Balaban J connectivity index is 1.24. The van der Waals surface area contributed by atoms with E-state index in [1.807, 2.05) is 16.0 Å². The highest BCUT2D eigenvalue weighted by atomic mass is 19.4. The average molecular weight is 507 g/mol. The van der Waals surface area contributed by atoms with Crippen LogP contribution in [0.25, 0.3) is 0 Å². The third-order valence-electron chi connectivity index (χ3n) is 7.02. The Labute approximate surface area is 209 Å². The average Bonchev–Trinajstić information content (AvgIpc) is 2.91. The number of carbonyl (C=O) groups excluding carboxylic acids is 1. The first-order valence-electron chi connectivity index (χ1n) is 12.5. The minimum atomic E-state index is -4.46. The Morgan fingerprint density at radius 3 is 2.44 bits per heavy atom. The van der Waals surface area contributed by atoms with E-state index < -0.39 is 11.7 Å². The van der Waals surface area contributed by atoms with E-state index in [2.05, 4.69) is 32.8 Å². The molecule has 0 bridgehead atoms. The number of aromatic nitrogens is 3. The molecule has 0 aliphatic carbocycles. The fourth-order valence-electron chi connectivity index (χ4n) is 4.91. The predicted molar refractivity (Wildman–Crippen MR) is 129 cm³/mol. The molecule has 0 spiro atoms. The van der Waals surface area contributed by atoms with E-state index in [0.717, 1.165) is 50.3 Å². The molecular formula is C25H33F3N6O2. The van der Waals surface area contributed by atoms with Gasteiger partial charge < -0.3 is 19.4 Å². The van der Waals surface area contributed by atoms with Crippen molar-refractivity contribution in [2.75, 3.05) is 57.8 Å². The van der Waals surface area contributed by atoms with Gasteiger partial charge in [0.05, 0.1) is 12.7 Å². The zero-order valence-corrected chi connectivity index (χ0v) is 20.8. The number of nitrogens with zero attached hydrogens (tertiary/aromatic N) is 6. The number of rotatable bonds is 7. The van der Waals surface area contributed by atoms with Gasteiger partial charge in [0.2, 0.25) is 17.7 Å². The summed E-state index contributed by atoms with van der Waals surface area (Å²) in [6.45, 7) is 6.68. The normalized spacial score (nSPS) is 19.4. The van der Waals surface area contributed by atoms with Gasteiger partial charge in [0, 0.05) is 69.8 Å². The third-order valence-corrected chi connectivity index (χ3v) is 7.02. The van der Waals surface area contributed by atoms with Gasteiger partial charge >= 0.3 is 6.18 Å². The summed E-state index contributed by atoms with van der Waals surface area (Å²) in [6, 6.07) is 2.20. The number of amides is 1. The van der Waals surface area contributed by atoms with Crippen LogP contribution < -0.4 is 9.64 Å². The number of anilines is 1. The summed E-state index contributed by atoms with van der Waals surface area (Å²) in [5.41, 5.74) is 1.47. The zero-order chi connectivity index (χ0) is 25.7. The molecule has 2 aromatic rings. The molecule has 1 atom stereocenters. The highest BCUT2D eigenvalue weighted by Crippen LogP contribution is 2.30. The second kappa shape index (κ2) is 11.4. The fourth-order valence-corrected chi connectivity index (χ4v) is 4.91. The lowest BCUT2D eigenvalue weighted by Crippen LogP contribution is -2.50. The molecule has 8 nitrogen and oxygen atoms in total. The maximum atomic E-state index is 12.8. The van der Waals surface area contributed by atoms with E-state index in [1.165, 1.54) is 5.56 Å². The maximum absolute atomic E-state index is 12.8. The van der Waals surface area contributed by atoms with Crippen LogP contribution in [0.1, 0.15) is 48.8 Å². The van der Waals surface area contributed by atoms with Crippen molar-refractivity contribution in [1.29, 1.82) is 0 Å². The number of carbonyl (C=O) groups is 1. The van der Waals surface area contributed by atoms with E-state index in [-0.39, 0.29) is 11.9 Å². The highest BCUT2D eigenvalue weighted by Gasteiger charge is 2.32. The number of likely N-dealkylation sites (tertiary alicyclic amines) is 1. The van der Waals surface area contributed by atoms with Crippen molar-refractivity contribution in [3.8, 4) is 5.88 Å². The van der Waals surface area contributed by atoms with Crippen LogP contribution in [0.3, 0.4) is 0 Å². The fraction of sp³-hybridized carbons (Fsp3) is 0.600. The molecule has 2 saturated heterocycles. The van der Waals surface area contributed by atoms with Crippen molar-refractivity contribution in [3.63, 3.8) is 0 Å². The van der Waals surface area contributed by atoms with Gasteiger partial charge in [-0.25, -0.2) is 15.0 Å². The molecule has 1 amide bonds. The van der Waals surface area contributed by atoms with E-state index in [1.54, 1.807) is 7.11 Å². The molecule has 196 valence electrons. The summed E-state index contributed by atoms with van der Waals surface area (Å²) in [6.07, 6.45) is 2.57. The molecule has 36 heavy (non-hydrogen) atoms. The highest BCUT2D eigenvalue weighted by molar-refractivity contribution is 5.76. The van der Waals surface area contributed by atoms with E-state index in [4.69, 9.17) is 4.74 Å². The number of piperazine rings is 1. The van der Waals surface area contributed by atoms with Gasteiger partial charge in [-0.05, 0) is 43.4 Å². The third kappa shape index (κ3) is 6.24. The maximum Gasteiger partial charge on any atom is 0.419 e. The van der Waals surface area contributed by atoms with Crippen LogP contribution in [0.5, 0.6) is 5.88 Å². The summed E-state index contributed by atoms with van der Waals surface area (Å²) in [4.78, 5) is 31.0. The minimum Gasteiger partial charge on any atom is -0.481 e. The number of alkyl halides is 3. The molecule has 4 rings (SSSR count). The lowest BCUT2D eigenvalue weighted by atomic mass is 9.90. The second-order valence-corrected chi connectivity index (χ2v) is 9.32. The molecule has 2 aliphatic heterocycles. The number of hydrogen-bond donors (Lipinski definition) is 0. The predicted octanol–water partition coefficient (Wildman–Crippen LogP) is 3.38. The monoisotopic (exact) mass is 506 g/mol. The van der Waals surface area contributed by atoms with Crippen LogP contribution in [0, 0.1) is 0 Å². The van der Waals surface area contributed by atoms with Gasteiger partial charge in [0.1, 0.15) is 0 Å². The first-order chi connectivity index (χ1) is 17.3. The largest absolute Gasteiger partial charge is 0.481 e. The Morgan fingerprint density at radius 1 is 1.08 bits per heavy atom. The molecule has 11 heteroatoms. The van der Waals surface area contributed by atoms with Crippen LogP contribution >= 0.6 is 0 Å². The van der Waals surface area contributed by atoms with Crippen LogP contribution in [0.4, 0.5) is 19.1 Å². The molecule has 1 unspecified atom stereocenters. The minimum absolute atomic E-state index is 0.101. The quantitative estimate of drug-likeness (QED) is 0.570. The summed E-state index contributed by atoms with van der Waals surface area (Å²) < 4.78 is 43.5. The topological polar surface area (TPSA) is 74.7 Å². The van der Waals surface area contributed by atoms with Crippen LogP contribution in [-0.2, 0) is 17.4 Å². The molecule has 0 radical (unpaired) electrons. The van der Waals surface area contributed by atoms with Gasteiger partial charge in [-0.2, -0.15) is 13.2 Å². The van der Waals surface area contributed by atoms with Gasteiger partial charge in [0.15, 0.2) is 0 Å². The molecule has 0 aromatic carbocycles. The molecular weight excluding hydrogens is 473 g/mol. The molecule has 0 N–H and O–H groups in total. The van der Waals surface area contributed by atoms with Crippen molar-refractivity contribution >= 4 is 11.9 Å². The van der Waals surface area contributed by atoms with Crippen molar-refractivity contribution in [2.24, 2.45) is 0 Å². The number of piperidine rings is 1. The summed E-state index contributed by atoms with van der Waals surface area (Å²) in [5.74, 6) is 1.44. The number of methoxy groups -OCH3 is 1. The summed E-state index contributed by atoms with van der Waals surface area (Å²) >= 11 is 0. The zero-order valence-electron chi connectivity index (χ0n) is 20.8. The first-order valence-corrected chi connectivity index (χ1v) is 12.5. The molecule has 2 aliphatic rings. The van der Waals surface area contributed by atoms with Crippen LogP contribution in [0.15, 0.2) is 24.7 Å². The molecule has 4 heterocycles. The smallest absolute Gasteiger partial charge is 0.419 e.